The Hall–Kier alpha value is -5.34. The molecule has 0 aromatic rings. The minimum Gasteiger partial charge on any atom is -0.481 e. The Balaban J connectivity index is 3.24. The normalized spacial score (nSPS) is 17.3. The molecule has 1 saturated heterocycles. The zero-order valence-electron chi connectivity index (χ0n) is 37.1. The minimum absolute atomic E-state index is 0.0275. The second-order valence-corrected chi connectivity index (χ2v) is 17.2. The Labute approximate surface area is 357 Å². The topological polar surface area (TPSA) is 325 Å². The lowest BCUT2D eigenvalue weighted by atomic mass is 9.99. The molecule has 0 aromatic heterocycles. The first kappa shape index (κ1) is 53.7. The van der Waals surface area contributed by atoms with Crippen LogP contribution in [0.2, 0.25) is 0 Å². The van der Waals surface area contributed by atoms with Gasteiger partial charge in [0, 0.05) is 6.54 Å². The number of carboxylic acid groups (broad SMARTS) is 2. The first-order valence-electron chi connectivity index (χ1n) is 20.9. The van der Waals surface area contributed by atoms with Gasteiger partial charge >= 0.3 is 11.9 Å². The summed E-state index contributed by atoms with van der Waals surface area (Å²) in [6, 6.07) is -9.80. The molecule has 0 aromatic carbocycles. The van der Waals surface area contributed by atoms with E-state index in [1.165, 1.54) is 13.8 Å². The molecule has 8 atom stereocenters. The lowest BCUT2D eigenvalue weighted by Crippen LogP contribution is -2.60. The van der Waals surface area contributed by atoms with E-state index in [1.54, 1.807) is 27.7 Å². The number of carboxylic acids is 2. The zero-order valence-corrected chi connectivity index (χ0v) is 37.1. The van der Waals surface area contributed by atoms with E-state index in [2.05, 4.69) is 37.2 Å². The predicted molar refractivity (Wildman–Crippen MR) is 222 cm³/mol. The van der Waals surface area contributed by atoms with Gasteiger partial charge in [0.05, 0.1) is 13.0 Å². The van der Waals surface area contributed by atoms with Crippen molar-refractivity contribution in [2.75, 3.05) is 13.1 Å². The number of nitrogens with zero attached hydrogens (tertiary/aromatic N) is 1. The summed E-state index contributed by atoms with van der Waals surface area (Å²) in [7, 11) is 0. The van der Waals surface area contributed by atoms with Crippen LogP contribution in [-0.2, 0) is 47.9 Å². The lowest BCUT2D eigenvalue weighted by Gasteiger charge is -2.31. The molecular formula is C40H69N9O12. The third-order valence-corrected chi connectivity index (χ3v) is 9.79. The smallest absolute Gasteiger partial charge is 0.326 e. The second-order valence-electron chi connectivity index (χ2n) is 17.2. The molecular weight excluding hydrogens is 798 g/mol. The van der Waals surface area contributed by atoms with E-state index in [0.717, 1.165) is 4.90 Å². The van der Waals surface area contributed by atoms with E-state index >= 15 is 0 Å². The van der Waals surface area contributed by atoms with Gasteiger partial charge in [0.2, 0.25) is 47.3 Å². The average Bonchev–Trinajstić information content (AvgIpc) is 3.64. The van der Waals surface area contributed by atoms with Crippen molar-refractivity contribution in [3.63, 3.8) is 0 Å². The molecule has 0 spiro atoms. The first-order chi connectivity index (χ1) is 28.3. The quantitative estimate of drug-likeness (QED) is 0.0512. The molecule has 21 heteroatoms. The Morgan fingerprint density at radius 2 is 1.03 bits per heavy atom. The SMILES string of the molecule is CC(C)C[C@H](NC(=O)[C@H](C)NC(=O)[C@H](CC(C)C)NC(=O)[C@H](CC(C)C)NC(=O)[C@@H]1CCCN1C(=O)[C@H](CC(=O)O)NC(=O)[C@@H](NC(=O)[C@H](C)NC(=O)CN)C(C)C)C(=O)O. The molecule has 1 rings (SSSR count). The largest absolute Gasteiger partial charge is 0.481 e. The second kappa shape index (κ2) is 25.4. The van der Waals surface area contributed by atoms with Crippen molar-refractivity contribution < 1.29 is 58.2 Å². The summed E-state index contributed by atoms with van der Waals surface area (Å²) in [4.78, 5) is 131. The molecule has 11 N–H and O–H groups in total. The van der Waals surface area contributed by atoms with Gasteiger partial charge in [0.15, 0.2) is 0 Å². The number of aliphatic carboxylic acids is 2. The van der Waals surface area contributed by atoms with Gasteiger partial charge in [-0.25, -0.2) is 4.79 Å². The molecule has 0 bridgehead atoms. The third kappa shape index (κ3) is 18.4. The van der Waals surface area contributed by atoms with Crippen molar-refractivity contribution in [2.24, 2.45) is 29.4 Å². The number of rotatable bonds is 25. The lowest BCUT2D eigenvalue weighted by molar-refractivity contribution is -0.146. The van der Waals surface area contributed by atoms with Crippen LogP contribution < -0.4 is 43.0 Å². The highest BCUT2D eigenvalue weighted by Gasteiger charge is 2.41. The number of carbonyl (C=O) groups is 10. The standard InChI is InChI=1S/C40H69N9O12/c1-19(2)14-25(35(55)43-24(10)33(53)47-28(40(60)61)16-21(5)6)44-36(56)26(15-20(3)4)45-37(57)29-12-11-13-49(29)39(59)27(17-31(51)52)46-38(58)32(22(7)8)48-34(54)23(9)42-30(50)18-41/h19-29,32H,11-18,41H2,1-10H3,(H,42,50)(H,43,55)(H,44,56)(H,45,57)(H,46,58)(H,47,53)(H,48,54)(H,51,52)(H,60,61)/t23-,24-,25-,26-,27-,28-,29-,32-/m0/s1. The molecule has 0 saturated carbocycles. The zero-order chi connectivity index (χ0) is 46.9. The molecule has 0 unspecified atom stereocenters. The van der Waals surface area contributed by atoms with Crippen molar-refractivity contribution in [2.45, 2.75) is 156 Å². The average molecular weight is 868 g/mol. The minimum atomic E-state index is -1.65. The first-order valence-corrected chi connectivity index (χ1v) is 20.9. The van der Waals surface area contributed by atoms with Gasteiger partial charge in [-0.3, -0.25) is 43.2 Å². The van der Waals surface area contributed by atoms with E-state index < -0.39 is 120 Å². The number of nitrogens with two attached hydrogens (primary N) is 1. The number of amides is 8. The maximum atomic E-state index is 13.9. The van der Waals surface area contributed by atoms with Crippen LogP contribution in [0.5, 0.6) is 0 Å². The molecule has 8 amide bonds. The predicted octanol–water partition coefficient (Wildman–Crippen LogP) is -1.28. The number of nitrogens with one attached hydrogen (secondary N) is 7. The van der Waals surface area contributed by atoms with Crippen molar-refractivity contribution in [3.8, 4) is 0 Å². The summed E-state index contributed by atoms with van der Waals surface area (Å²) in [5.74, 6) is -9.44. The molecule has 1 aliphatic heterocycles. The Bertz CT molecular complexity index is 1590. The maximum Gasteiger partial charge on any atom is 0.326 e. The van der Waals surface area contributed by atoms with E-state index in [0.29, 0.717) is 6.42 Å². The third-order valence-electron chi connectivity index (χ3n) is 9.79. The van der Waals surface area contributed by atoms with Crippen LogP contribution in [0.25, 0.3) is 0 Å². The van der Waals surface area contributed by atoms with Crippen LogP contribution in [0.15, 0.2) is 0 Å². The van der Waals surface area contributed by atoms with Gasteiger partial charge in [-0.05, 0) is 69.6 Å². The molecule has 1 aliphatic rings. The van der Waals surface area contributed by atoms with Crippen LogP contribution >= 0.6 is 0 Å². The summed E-state index contributed by atoms with van der Waals surface area (Å²) in [6.45, 7) is 16.5. The van der Waals surface area contributed by atoms with Gasteiger partial charge in [-0.2, -0.15) is 0 Å². The Kier molecular flexibility index (Phi) is 22.4. The number of carbonyl (C=O) groups excluding carboxylic acids is 8. The monoisotopic (exact) mass is 868 g/mol. The Morgan fingerprint density at radius 1 is 0.574 bits per heavy atom. The summed E-state index contributed by atoms with van der Waals surface area (Å²) in [6.07, 6.45) is 0.0646. The van der Waals surface area contributed by atoms with Gasteiger partial charge in [0.1, 0.15) is 48.3 Å². The highest BCUT2D eigenvalue weighted by molar-refractivity contribution is 5.99. The summed E-state index contributed by atoms with van der Waals surface area (Å²) in [5.41, 5.74) is 5.29. The van der Waals surface area contributed by atoms with E-state index in [9.17, 15) is 58.2 Å². The van der Waals surface area contributed by atoms with Crippen LogP contribution in [0.3, 0.4) is 0 Å². The van der Waals surface area contributed by atoms with Gasteiger partial charge in [0.25, 0.3) is 0 Å². The maximum absolute atomic E-state index is 13.9. The van der Waals surface area contributed by atoms with Crippen molar-refractivity contribution in [1.82, 2.24) is 42.1 Å². The molecule has 1 fully saturated rings. The van der Waals surface area contributed by atoms with E-state index in [4.69, 9.17) is 5.73 Å². The fourth-order valence-corrected chi connectivity index (χ4v) is 6.63. The van der Waals surface area contributed by atoms with Gasteiger partial charge in [-0.1, -0.05) is 55.4 Å². The fraction of sp³-hybridized carbons (Fsp3) is 0.750. The molecule has 61 heavy (non-hydrogen) atoms. The number of likely N-dealkylation sites (tertiary alicyclic amines) is 1. The molecule has 0 radical (unpaired) electrons. The Morgan fingerprint density at radius 3 is 1.52 bits per heavy atom. The summed E-state index contributed by atoms with van der Waals surface area (Å²) >= 11 is 0. The number of hydrogen-bond donors (Lipinski definition) is 10. The van der Waals surface area contributed by atoms with E-state index in [-0.39, 0.29) is 56.5 Å². The van der Waals surface area contributed by atoms with Crippen LogP contribution in [-0.4, -0.2) is 136 Å². The van der Waals surface area contributed by atoms with Crippen LogP contribution in [0, 0.1) is 23.7 Å². The van der Waals surface area contributed by atoms with Crippen molar-refractivity contribution in [1.29, 1.82) is 0 Å². The summed E-state index contributed by atoms with van der Waals surface area (Å²) < 4.78 is 0. The van der Waals surface area contributed by atoms with Crippen molar-refractivity contribution in [3.05, 3.63) is 0 Å². The summed E-state index contributed by atoms with van der Waals surface area (Å²) in [5, 5.41) is 36.9. The fourth-order valence-electron chi connectivity index (χ4n) is 6.63. The van der Waals surface area contributed by atoms with E-state index in [1.807, 2.05) is 27.7 Å². The van der Waals surface area contributed by atoms with Crippen molar-refractivity contribution >= 4 is 59.2 Å². The molecule has 0 aliphatic carbocycles. The highest BCUT2D eigenvalue weighted by atomic mass is 16.4. The van der Waals surface area contributed by atoms with Crippen LogP contribution in [0.4, 0.5) is 0 Å². The van der Waals surface area contributed by atoms with Gasteiger partial charge < -0.3 is 58.1 Å². The molecule has 1 heterocycles. The molecule has 21 nitrogen and oxygen atoms in total. The van der Waals surface area contributed by atoms with Gasteiger partial charge in [-0.15, -0.1) is 0 Å². The van der Waals surface area contributed by atoms with Crippen LogP contribution in [0.1, 0.15) is 108 Å². The highest BCUT2D eigenvalue weighted by Crippen LogP contribution is 2.21. The number of hydrogen-bond acceptors (Lipinski definition) is 11. The molecule has 346 valence electrons.